The zero-order chi connectivity index (χ0) is 8.10. The maximum absolute atomic E-state index is 8.83. The molecule has 3 N–H and O–H groups in total. The molecule has 0 aliphatic carbocycles. The molecular formula is C7H15Cl2N3O. The van der Waals surface area contributed by atoms with Crippen molar-refractivity contribution < 1.29 is 5.11 Å². The number of hydrogen-bond acceptors (Lipinski definition) is 3. The van der Waals surface area contributed by atoms with E-state index in [4.69, 9.17) is 5.11 Å². The number of aromatic amines is 1. The van der Waals surface area contributed by atoms with Crippen LogP contribution in [0.15, 0.2) is 12.5 Å². The molecule has 1 unspecified atom stereocenters. The second-order valence-electron chi connectivity index (χ2n) is 2.45. The summed E-state index contributed by atoms with van der Waals surface area (Å²) in [7, 11) is 1.83. The zero-order valence-electron chi connectivity index (χ0n) is 7.36. The molecule has 0 bridgehead atoms. The Balaban J connectivity index is 0. The van der Waals surface area contributed by atoms with Gasteiger partial charge >= 0.3 is 0 Å². The molecule has 13 heavy (non-hydrogen) atoms. The van der Waals surface area contributed by atoms with E-state index < -0.39 is 0 Å². The Morgan fingerprint density at radius 1 is 1.62 bits per heavy atom. The van der Waals surface area contributed by atoms with Crippen LogP contribution in [0.4, 0.5) is 0 Å². The highest BCUT2D eigenvalue weighted by molar-refractivity contribution is 5.85. The number of rotatable bonds is 4. The molecular weight excluding hydrogens is 213 g/mol. The van der Waals surface area contributed by atoms with E-state index in [2.05, 4.69) is 15.3 Å². The smallest absolute Gasteiger partial charge is 0.0921 e. The number of imidazole rings is 1. The highest BCUT2D eigenvalue weighted by Gasteiger charge is 2.05. The van der Waals surface area contributed by atoms with Gasteiger partial charge in [-0.15, -0.1) is 24.8 Å². The molecule has 0 saturated heterocycles. The number of aromatic nitrogens is 2. The molecule has 0 amide bonds. The average Bonchev–Trinajstić information content (AvgIpc) is 2.52. The van der Waals surface area contributed by atoms with Crippen molar-refractivity contribution in [3.05, 3.63) is 18.2 Å². The predicted molar refractivity (Wildman–Crippen MR) is 56.7 cm³/mol. The van der Waals surface area contributed by atoms with Crippen LogP contribution in [0.1, 0.15) is 5.69 Å². The van der Waals surface area contributed by atoms with E-state index in [1.54, 1.807) is 12.5 Å². The Morgan fingerprint density at radius 3 is 2.69 bits per heavy atom. The molecule has 0 aliphatic rings. The molecule has 6 heteroatoms. The van der Waals surface area contributed by atoms with Gasteiger partial charge in [-0.3, -0.25) is 0 Å². The molecule has 78 valence electrons. The third-order valence-corrected chi connectivity index (χ3v) is 1.65. The fourth-order valence-electron chi connectivity index (χ4n) is 0.920. The van der Waals surface area contributed by atoms with Crippen molar-refractivity contribution in [2.24, 2.45) is 0 Å². The van der Waals surface area contributed by atoms with Gasteiger partial charge in [0.05, 0.1) is 12.9 Å². The lowest BCUT2D eigenvalue weighted by Crippen LogP contribution is -2.31. The van der Waals surface area contributed by atoms with Gasteiger partial charge in [0, 0.05) is 24.4 Å². The highest BCUT2D eigenvalue weighted by Crippen LogP contribution is 1.96. The van der Waals surface area contributed by atoms with Crippen molar-refractivity contribution in [2.75, 3.05) is 13.7 Å². The van der Waals surface area contributed by atoms with E-state index in [-0.39, 0.29) is 37.5 Å². The molecule has 1 aromatic rings. The van der Waals surface area contributed by atoms with Gasteiger partial charge in [0.15, 0.2) is 0 Å². The van der Waals surface area contributed by atoms with Crippen LogP contribution >= 0.6 is 24.8 Å². The van der Waals surface area contributed by atoms with Gasteiger partial charge in [-0.05, 0) is 7.05 Å². The van der Waals surface area contributed by atoms with Crippen molar-refractivity contribution >= 4 is 24.8 Å². The van der Waals surface area contributed by atoms with Crippen LogP contribution in [0.3, 0.4) is 0 Å². The van der Waals surface area contributed by atoms with Crippen LogP contribution in [-0.2, 0) is 6.42 Å². The summed E-state index contributed by atoms with van der Waals surface area (Å²) in [5, 5.41) is 11.8. The van der Waals surface area contributed by atoms with E-state index in [1.165, 1.54) is 0 Å². The summed E-state index contributed by atoms with van der Waals surface area (Å²) in [6.07, 6.45) is 4.19. The van der Waals surface area contributed by atoms with E-state index in [9.17, 15) is 0 Å². The number of nitrogens with one attached hydrogen (secondary N) is 2. The number of nitrogens with zero attached hydrogens (tertiary/aromatic N) is 1. The van der Waals surface area contributed by atoms with Gasteiger partial charge in [-0.1, -0.05) is 0 Å². The van der Waals surface area contributed by atoms with Gasteiger partial charge in [-0.25, -0.2) is 4.98 Å². The summed E-state index contributed by atoms with van der Waals surface area (Å²) in [6, 6.07) is 0.121. The number of H-pyrrole nitrogens is 1. The molecule has 1 rings (SSSR count). The third kappa shape index (κ3) is 5.10. The maximum Gasteiger partial charge on any atom is 0.0921 e. The van der Waals surface area contributed by atoms with Gasteiger partial charge in [0.2, 0.25) is 0 Å². The molecule has 1 aromatic heterocycles. The van der Waals surface area contributed by atoms with Crippen LogP contribution in [0, 0.1) is 0 Å². The zero-order valence-corrected chi connectivity index (χ0v) is 8.99. The van der Waals surface area contributed by atoms with Crippen LogP contribution in [0.25, 0.3) is 0 Å². The first-order valence-corrected chi connectivity index (χ1v) is 3.62. The van der Waals surface area contributed by atoms with Crippen LogP contribution < -0.4 is 5.32 Å². The van der Waals surface area contributed by atoms with Gasteiger partial charge < -0.3 is 15.4 Å². The van der Waals surface area contributed by atoms with Crippen LogP contribution in [0.5, 0.6) is 0 Å². The first kappa shape index (κ1) is 15.2. The summed E-state index contributed by atoms with van der Waals surface area (Å²) in [5.41, 5.74) is 1.04. The molecule has 1 heterocycles. The quantitative estimate of drug-likeness (QED) is 0.698. The van der Waals surface area contributed by atoms with E-state index in [1.807, 2.05) is 7.05 Å². The molecule has 1 atom stereocenters. The summed E-state index contributed by atoms with van der Waals surface area (Å²) in [4.78, 5) is 6.85. The minimum atomic E-state index is 0. The van der Waals surface area contributed by atoms with Crippen LogP contribution in [-0.4, -0.2) is 34.8 Å². The Kier molecular flexibility index (Phi) is 9.72. The topological polar surface area (TPSA) is 60.9 Å². The van der Waals surface area contributed by atoms with Crippen molar-refractivity contribution in [1.29, 1.82) is 0 Å². The fraction of sp³-hybridized carbons (Fsp3) is 0.571. The molecule has 0 spiro atoms. The summed E-state index contributed by atoms with van der Waals surface area (Å²) < 4.78 is 0. The molecule has 4 nitrogen and oxygen atoms in total. The summed E-state index contributed by atoms with van der Waals surface area (Å²) >= 11 is 0. The summed E-state index contributed by atoms with van der Waals surface area (Å²) in [5.74, 6) is 0. The third-order valence-electron chi connectivity index (χ3n) is 1.65. The maximum atomic E-state index is 8.83. The van der Waals surface area contributed by atoms with Gasteiger partial charge in [-0.2, -0.15) is 0 Å². The lowest BCUT2D eigenvalue weighted by molar-refractivity contribution is 0.247. The Bertz CT molecular complexity index is 190. The second-order valence-corrected chi connectivity index (χ2v) is 2.45. The Labute approximate surface area is 90.0 Å². The highest BCUT2D eigenvalue weighted by atomic mass is 35.5. The minimum absolute atomic E-state index is 0. The monoisotopic (exact) mass is 227 g/mol. The van der Waals surface area contributed by atoms with Gasteiger partial charge in [0.1, 0.15) is 0 Å². The molecule has 0 fully saturated rings. The molecule has 0 aromatic carbocycles. The van der Waals surface area contributed by atoms with E-state index in [0.29, 0.717) is 0 Å². The number of aliphatic hydroxyl groups excluding tert-OH is 1. The number of hydrogen-bond donors (Lipinski definition) is 3. The van der Waals surface area contributed by atoms with Crippen LogP contribution in [0.2, 0.25) is 0 Å². The van der Waals surface area contributed by atoms with Crippen molar-refractivity contribution in [3.63, 3.8) is 0 Å². The van der Waals surface area contributed by atoms with Crippen molar-refractivity contribution in [2.45, 2.75) is 12.5 Å². The lowest BCUT2D eigenvalue weighted by atomic mass is 10.2. The predicted octanol–water partition coefficient (Wildman–Crippen LogP) is 0.376. The van der Waals surface area contributed by atoms with Crippen molar-refractivity contribution in [3.8, 4) is 0 Å². The molecule has 0 saturated carbocycles. The first-order valence-electron chi connectivity index (χ1n) is 3.62. The SMILES string of the molecule is CNC(CO)Cc1cnc[nH]1.Cl.Cl. The number of aliphatic hydroxyl groups is 1. The summed E-state index contributed by atoms with van der Waals surface area (Å²) in [6.45, 7) is 0.148. The molecule has 0 radical (unpaired) electrons. The molecule has 0 aliphatic heterocycles. The standard InChI is InChI=1S/C7H13N3O.2ClH/c1-8-7(4-11)2-6-3-9-5-10-6;;/h3,5,7-8,11H,2,4H2,1H3,(H,9,10);2*1H. The Morgan fingerprint density at radius 2 is 2.31 bits per heavy atom. The minimum Gasteiger partial charge on any atom is -0.395 e. The van der Waals surface area contributed by atoms with E-state index >= 15 is 0 Å². The number of likely N-dealkylation sites (N-methyl/N-ethyl adjacent to an activating group) is 1. The Hall–Kier alpha value is -0.290. The van der Waals surface area contributed by atoms with Crippen molar-refractivity contribution in [1.82, 2.24) is 15.3 Å². The largest absolute Gasteiger partial charge is 0.395 e. The fourth-order valence-corrected chi connectivity index (χ4v) is 0.920. The normalized spacial score (nSPS) is 11.2. The van der Waals surface area contributed by atoms with Gasteiger partial charge in [0.25, 0.3) is 0 Å². The second kappa shape index (κ2) is 8.31. The number of halogens is 2. The first-order chi connectivity index (χ1) is 5.36. The lowest BCUT2D eigenvalue weighted by Gasteiger charge is -2.10. The average molecular weight is 228 g/mol. The van der Waals surface area contributed by atoms with E-state index in [0.717, 1.165) is 12.1 Å².